The zero-order valence-corrected chi connectivity index (χ0v) is 15.1. The van der Waals surface area contributed by atoms with E-state index in [1.165, 1.54) is 0 Å². The molecule has 0 bridgehead atoms. The van der Waals surface area contributed by atoms with Crippen molar-refractivity contribution in [2.45, 2.75) is 13.8 Å². The first-order chi connectivity index (χ1) is 12.0. The number of amides is 2. The molecular formula is C19H22ClN3O2. The van der Waals surface area contributed by atoms with Gasteiger partial charge in [-0.2, -0.15) is 0 Å². The van der Waals surface area contributed by atoms with Crippen LogP contribution in [-0.2, 0) is 4.79 Å². The largest absolute Gasteiger partial charge is 0.372 e. The van der Waals surface area contributed by atoms with Crippen molar-refractivity contribution >= 4 is 34.8 Å². The maximum absolute atomic E-state index is 12.0. The Bertz CT molecular complexity index is 728. The third-order valence-corrected chi connectivity index (χ3v) is 4.14. The number of hydrogen-bond acceptors (Lipinski definition) is 3. The quantitative estimate of drug-likeness (QED) is 0.794. The van der Waals surface area contributed by atoms with Gasteiger partial charge < -0.3 is 15.5 Å². The van der Waals surface area contributed by atoms with Crippen molar-refractivity contribution in [1.82, 2.24) is 5.32 Å². The Morgan fingerprint density at radius 3 is 2.24 bits per heavy atom. The summed E-state index contributed by atoms with van der Waals surface area (Å²) in [5.74, 6) is -0.673. The summed E-state index contributed by atoms with van der Waals surface area (Å²) in [5.41, 5.74) is 2.14. The zero-order valence-electron chi connectivity index (χ0n) is 14.4. The molecule has 25 heavy (non-hydrogen) atoms. The molecule has 0 spiro atoms. The van der Waals surface area contributed by atoms with Crippen LogP contribution in [-0.4, -0.2) is 31.4 Å². The van der Waals surface area contributed by atoms with Crippen LogP contribution in [0.25, 0.3) is 0 Å². The Morgan fingerprint density at radius 1 is 1.00 bits per heavy atom. The van der Waals surface area contributed by atoms with Gasteiger partial charge in [0.05, 0.1) is 17.1 Å². The monoisotopic (exact) mass is 359 g/mol. The van der Waals surface area contributed by atoms with Crippen molar-refractivity contribution in [3.05, 3.63) is 59.1 Å². The summed E-state index contributed by atoms with van der Waals surface area (Å²) >= 11 is 5.96. The van der Waals surface area contributed by atoms with Crippen LogP contribution in [0, 0.1) is 0 Å². The molecule has 2 N–H and O–H groups in total. The van der Waals surface area contributed by atoms with E-state index < -0.39 is 0 Å². The van der Waals surface area contributed by atoms with Gasteiger partial charge in [0.25, 0.3) is 5.91 Å². The predicted octanol–water partition coefficient (Wildman–Crippen LogP) is 3.55. The molecule has 132 valence electrons. The van der Waals surface area contributed by atoms with Crippen molar-refractivity contribution in [3.8, 4) is 0 Å². The molecule has 0 aromatic heterocycles. The van der Waals surface area contributed by atoms with Crippen LogP contribution in [0.1, 0.15) is 24.2 Å². The van der Waals surface area contributed by atoms with Crippen LogP contribution in [0.3, 0.4) is 0 Å². The molecule has 5 nitrogen and oxygen atoms in total. The fourth-order valence-corrected chi connectivity index (χ4v) is 2.67. The molecule has 0 fully saturated rings. The molecule has 6 heteroatoms. The summed E-state index contributed by atoms with van der Waals surface area (Å²) in [7, 11) is 0. The molecule has 0 saturated heterocycles. The van der Waals surface area contributed by atoms with Crippen LogP contribution in [0.2, 0.25) is 5.02 Å². The number of nitrogens with one attached hydrogen (secondary N) is 2. The second-order valence-corrected chi connectivity index (χ2v) is 5.84. The highest BCUT2D eigenvalue weighted by molar-refractivity contribution is 6.33. The predicted molar refractivity (Wildman–Crippen MR) is 102 cm³/mol. The van der Waals surface area contributed by atoms with E-state index in [9.17, 15) is 9.59 Å². The average molecular weight is 360 g/mol. The highest BCUT2D eigenvalue weighted by Gasteiger charge is 2.11. The summed E-state index contributed by atoms with van der Waals surface area (Å²) in [4.78, 5) is 26.2. The van der Waals surface area contributed by atoms with Gasteiger partial charge in [-0.05, 0) is 50.2 Å². The minimum Gasteiger partial charge on any atom is -0.372 e. The molecule has 2 aromatic rings. The van der Waals surface area contributed by atoms with Gasteiger partial charge in [-0.3, -0.25) is 9.59 Å². The van der Waals surface area contributed by atoms with Gasteiger partial charge >= 0.3 is 0 Å². The standard InChI is InChI=1S/C19H22ClN3O2/c1-3-23(4-2)15-11-9-14(10-12-15)22-18(24)13-21-19(25)16-7-5-6-8-17(16)20/h5-12H,3-4,13H2,1-2H3,(H,21,25)(H,22,24). The maximum Gasteiger partial charge on any atom is 0.253 e. The first kappa shape index (κ1) is 18.8. The third-order valence-electron chi connectivity index (χ3n) is 3.81. The lowest BCUT2D eigenvalue weighted by Crippen LogP contribution is -2.33. The first-order valence-electron chi connectivity index (χ1n) is 8.22. The van der Waals surface area contributed by atoms with E-state index in [1.54, 1.807) is 24.3 Å². The minimum absolute atomic E-state index is 0.123. The van der Waals surface area contributed by atoms with Gasteiger partial charge in [0, 0.05) is 24.5 Å². The summed E-state index contributed by atoms with van der Waals surface area (Å²) in [6.45, 7) is 5.93. The zero-order chi connectivity index (χ0) is 18.2. The molecule has 0 heterocycles. The van der Waals surface area contributed by atoms with Crippen LogP contribution in [0.4, 0.5) is 11.4 Å². The number of anilines is 2. The van der Waals surface area contributed by atoms with Crippen molar-refractivity contribution in [1.29, 1.82) is 0 Å². The number of benzene rings is 2. The fraction of sp³-hybridized carbons (Fsp3) is 0.263. The van der Waals surface area contributed by atoms with Crippen molar-refractivity contribution in [3.63, 3.8) is 0 Å². The lowest BCUT2D eigenvalue weighted by atomic mass is 10.2. The Balaban J connectivity index is 1.88. The van der Waals surface area contributed by atoms with Gasteiger partial charge in [0.1, 0.15) is 0 Å². The lowest BCUT2D eigenvalue weighted by molar-refractivity contribution is -0.115. The Morgan fingerprint density at radius 2 is 1.64 bits per heavy atom. The highest BCUT2D eigenvalue weighted by Crippen LogP contribution is 2.17. The normalized spacial score (nSPS) is 10.2. The highest BCUT2D eigenvalue weighted by atomic mass is 35.5. The number of carbonyl (C=O) groups is 2. The van der Waals surface area contributed by atoms with Crippen molar-refractivity contribution in [2.24, 2.45) is 0 Å². The van der Waals surface area contributed by atoms with Gasteiger partial charge in [-0.1, -0.05) is 23.7 Å². The number of nitrogens with zero attached hydrogens (tertiary/aromatic N) is 1. The van der Waals surface area contributed by atoms with E-state index in [4.69, 9.17) is 11.6 Å². The van der Waals surface area contributed by atoms with Gasteiger partial charge in [-0.15, -0.1) is 0 Å². The van der Waals surface area contributed by atoms with Crippen LogP contribution >= 0.6 is 11.6 Å². The summed E-state index contributed by atoms with van der Waals surface area (Å²) in [5, 5.41) is 5.68. The van der Waals surface area contributed by atoms with E-state index in [0.29, 0.717) is 16.3 Å². The molecule has 0 aliphatic rings. The topological polar surface area (TPSA) is 61.4 Å². The van der Waals surface area contributed by atoms with Crippen molar-refractivity contribution in [2.75, 3.05) is 29.9 Å². The molecule has 0 saturated carbocycles. The number of carbonyl (C=O) groups excluding carboxylic acids is 2. The second-order valence-electron chi connectivity index (χ2n) is 5.43. The van der Waals surface area contributed by atoms with Gasteiger partial charge in [0.15, 0.2) is 0 Å². The number of halogens is 1. The van der Waals surface area contributed by atoms with E-state index in [2.05, 4.69) is 29.4 Å². The fourth-order valence-electron chi connectivity index (χ4n) is 2.45. The Labute approximate surface area is 153 Å². The number of rotatable bonds is 7. The molecule has 0 aliphatic carbocycles. The van der Waals surface area contributed by atoms with Gasteiger partial charge in [0.2, 0.25) is 5.91 Å². The molecule has 0 aliphatic heterocycles. The van der Waals surface area contributed by atoms with E-state index in [-0.39, 0.29) is 18.4 Å². The maximum atomic E-state index is 12.0. The molecular weight excluding hydrogens is 338 g/mol. The third kappa shape index (κ3) is 5.22. The van der Waals surface area contributed by atoms with Crippen LogP contribution in [0.5, 0.6) is 0 Å². The molecule has 2 amide bonds. The van der Waals surface area contributed by atoms with Crippen LogP contribution < -0.4 is 15.5 Å². The molecule has 2 aromatic carbocycles. The Kier molecular flexibility index (Phi) is 6.83. The number of hydrogen-bond donors (Lipinski definition) is 2. The molecule has 0 unspecified atom stereocenters. The lowest BCUT2D eigenvalue weighted by Gasteiger charge is -2.21. The smallest absolute Gasteiger partial charge is 0.253 e. The van der Waals surface area contributed by atoms with E-state index in [1.807, 2.05) is 24.3 Å². The van der Waals surface area contributed by atoms with E-state index >= 15 is 0 Å². The summed E-state index contributed by atoms with van der Waals surface area (Å²) in [6.07, 6.45) is 0. The van der Waals surface area contributed by atoms with Gasteiger partial charge in [-0.25, -0.2) is 0 Å². The summed E-state index contributed by atoms with van der Waals surface area (Å²) in [6, 6.07) is 14.3. The average Bonchev–Trinajstić information content (AvgIpc) is 2.62. The SMILES string of the molecule is CCN(CC)c1ccc(NC(=O)CNC(=O)c2ccccc2Cl)cc1. The Hall–Kier alpha value is -2.53. The van der Waals surface area contributed by atoms with Crippen molar-refractivity contribution < 1.29 is 9.59 Å². The van der Waals surface area contributed by atoms with E-state index in [0.717, 1.165) is 18.8 Å². The minimum atomic E-state index is -0.377. The molecule has 0 radical (unpaired) electrons. The molecule has 0 atom stereocenters. The van der Waals surface area contributed by atoms with Crippen LogP contribution in [0.15, 0.2) is 48.5 Å². The summed E-state index contributed by atoms with van der Waals surface area (Å²) < 4.78 is 0. The molecule has 2 rings (SSSR count). The first-order valence-corrected chi connectivity index (χ1v) is 8.60. The second kappa shape index (κ2) is 9.08.